The van der Waals surface area contributed by atoms with Gasteiger partial charge in [-0.25, -0.2) is 0 Å². The summed E-state index contributed by atoms with van der Waals surface area (Å²) < 4.78 is 0. The quantitative estimate of drug-likeness (QED) is 0.646. The van der Waals surface area contributed by atoms with E-state index in [1.165, 1.54) is 43.2 Å². The van der Waals surface area contributed by atoms with Gasteiger partial charge in [0.2, 0.25) is 0 Å². The highest BCUT2D eigenvalue weighted by molar-refractivity contribution is 5.28. The Morgan fingerprint density at radius 1 is 1.06 bits per heavy atom. The lowest BCUT2D eigenvalue weighted by atomic mass is 9.96. The molecular weight excluding hydrogens is 206 g/mol. The summed E-state index contributed by atoms with van der Waals surface area (Å²) in [6, 6.07) is 9.30. The molecule has 1 unspecified atom stereocenters. The molecule has 0 aliphatic heterocycles. The highest BCUT2D eigenvalue weighted by atomic mass is 14.9. The fraction of sp³-hybridized carbons (Fsp3) is 0.625. The van der Waals surface area contributed by atoms with Crippen molar-refractivity contribution in [2.24, 2.45) is 0 Å². The summed E-state index contributed by atoms with van der Waals surface area (Å²) in [5, 5.41) is 3.62. The summed E-state index contributed by atoms with van der Waals surface area (Å²) >= 11 is 0. The lowest BCUT2D eigenvalue weighted by Gasteiger charge is -2.20. The average Bonchev–Trinajstić information content (AvgIpc) is 2.34. The highest BCUT2D eigenvalue weighted by Gasteiger charge is 2.11. The molecule has 1 atom stereocenters. The smallest absolute Gasteiger partial charge is 0.0322 e. The van der Waals surface area contributed by atoms with Crippen LogP contribution in [-0.4, -0.2) is 6.54 Å². The molecule has 0 aromatic heterocycles. The summed E-state index contributed by atoms with van der Waals surface area (Å²) in [7, 11) is 0. The van der Waals surface area contributed by atoms with E-state index in [1.54, 1.807) is 0 Å². The minimum Gasteiger partial charge on any atom is -0.310 e. The third-order valence-corrected chi connectivity index (χ3v) is 3.36. The third-order valence-electron chi connectivity index (χ3n) is 3.36. The molecule has 1 rings (SSSR count). The lowest BCUT2D eigenvalue weighted by molar-refractivity contribution is 0.480. The molecule has 0 amide bonds. The average molecular weight is 233 g/mol. The Labute approximate surface area is 107 Å². The number of aryl methyl sites for hydroxylation is 1. The van der Waals surface area contributed by atoms with Gasteiger partial charge in [-0.2, -0.15) is 0 Å². The van der Waals surface area contributed by atoms with E-state index in [0.717, 1.165) is 6.54 Å². The molecule has 1 heteroatoms. The van der Waals surface area contributed by atoms with Crippen LogP contribution in [0.4, 0.5) is 0 Å². The zero-order chi connectivity index (χ0) is 12.5. The van der Waals surface area contributed by atoms with Gasteiger partial charge >= 0.3 is 0 Å². The van der Waals surface area contributed by atoms with Crippen LogP contribution in [-0.2, 0) is 0 Å². The van der Waals surface area contributed by atoms with E-state index in [2.05, 4.69) is 50.4 Å². The van der Waals surface area contributed by atoms with Gasteiger partial charge in [-0.3, -0.25) is 0 Å². The minimum absolute atomic E-state index is 0.540. The van der Waals surface area contributed by atoms with Crippen molar-refractivity contribution in [3.63, 3.8) is 0 Å². The Morgan fingerprint density at radius 3 is 2.47 bits per heavy atom. The van der Waals surface area contributed by atoms with E-state index in [9.17, 15) is 0 Å². The first-order valence-electron chi connectivity index (χ1n) is 7.08. The molecular formula is C16H27N. The zero-order valence-electron chi connectivity index (χ0n) is 11.6. The topological polar surface area (TPSA) is 12.0 Å². The maximum absolute atomic E-state index is 3.62. The number of benzene rings is 1. The van der Waals surface area contributed by atoms with E-state index in [0.29, 0.717) is 6.04 Å². The normalized spacial score (nSPS) is 12.6. The van der Waals surface area contributed by atoms with Crippen LogP contribution in [0.2, 0.25) is 0 Å². The second-order valence-corrected chi connectivity index (χ2v) is 4.82. The monoisotopic (exact) mass is 233 g/mol. The predicted molar refractivity (Wildman–Crippen MR) is 76.4 cm³/mol. The van der Waals surface area contributed by atoms with E-state index < -0.39 is 0 Å². The van der Waals surface area contributed by atoms with Crippen molar-refractivity contribution < 1.29 is 0 Å². The SMILES string of the molecule is CCCCCCC(NCC)c1ccccc1C. The van der Waals surface area contributed by atoms with E-state index in [4.69, 9.17) is 0 Å². The van der Waals surface area contributed by atoms with Crippen molar-refractivity contribution in [2.45, 2.75) is 58.9 Å². The summed E-state index contributed by atoms with van der Waals surface area (Å²) in [5.74, 6) is 0. The number of hydrogen-bond acceptors (Lipinski definition) is 1. The first-order valence-corrected chi connectivity index (χ1v) is 7.08. The maximum atomic E-state index is 3.62. The summed E-state index contributed by atoms with van der Waals surface area (Å²) in [6.07, 6.45) is 6.64. The Balaban J connectivity index is 2.56. The van der Waals surface area contributed by atoms with Gasteiger partial charge in [0.05, 0.1) is 0 Å². The summed E-state index contributed by atoms with van der Waals surface area (Å²) in [4.78, 5) is 0. The van der Waals surface area contributed by atoms with Crippen LogP contribution in [0.5, 0.6) is 0 Å². The molecule has 0 radical (unpaired) electrons. The van der Waals surface area contributed by atoms with Crippen molar-refractivity contribution in [3.8, 4) is 0 Å². The van der Waals surface area contributed by atoms with E-state index in [1.807, 2.05) is 0 Å². The number of unbranched alkanes of at least 4 members (excludes halogenated alkanes) is 3. The lowest BCUT2D eigenvalue weighted by Crippen LogP contribution is -2.21. The van der Waals surface area contributed by atoms with Gasteiger partial charge in [-0.05, 0) is 31.0 Å². The molecule has 0 saturated carbocycles. The van der Waals surface area contributed by atoms with E-state index in [-0.39, 0.29) is 0 Å². The fourth-order valence-electron chi connectivity index (χ4n) is 2.37. The van der Waals surface area contributed by atoms with Crippen molar-refractivity contribution in [2.75, 3.05) is 6.54 Å². The van der Waals surface area contributed by atoms with Crippen LogP contribution in [0.25, 0.3) is 0 Å². The standard InChI is InChI=1S/C16H27N/c1-4-6-7-8-13-16(17-5-2)15-12-10-9-11-14(15)3/h9-12,16-17H,4-8,13H2,1-3H3. The molecule has 0 bridgehead atoms. The fourth-order valence-corrected chi connectivity index (χ4v) is 2.37. The molecule has 1 nitrogen and oxygen atoms in total. The molecule has 1 aromatic rings. The second kappa shape index (κ2) is 8.30. The zero-order valence-corrected chi connectivity index (χ0v) is 11.6. The molecule has 0 saturated heterocycles. The van der Waals surface area contributed by atoms with Gasteiger partial charge < -0.3 is 5.32 Å². The van der Waals surface area contributed by atoms with Crippen LogP contribution in [0, 0.1) is 6.92 Å². The van der Waals surface area contributed by atoms with Crippen LogP contribution >= 0.6 is 0 Å². The predicted octanol–water partition coefficient (Wildman–Crippen LogP) is 4.62. The largest absolute Gasteiger partial charge is 0.310 e. The first kappa shape index (κ1) is 14.2. The molecule has 0 spiro atoms. The first-order chi connectivity index (χ1) is 8.29. The van der Waals surface area contributed by atoms with Crippen LogP contribution in [0.15, 0.2) is 24.3 Å². The Morgan fingerprint density at radius 2 is 1.82 bits per heavy atom. The third kappa shape index (κ3) is 4.91. The van der Waals surface area contributed by atoms with Crippen LogP contribution in [0.1, 0.15) is 63.1 Å². The second-order valence-electron chi connectivity index (χ2n) is 4.82. The molecule has 1 N–H and O–H groups in total. The van der Waals surface area contributed by atoms with E-state index >= 15 is 0 Å². The van der Waals surface area contributed by atoms with Gasteiger partial charge in [-0.15, -0.1) is 0 Å². The Kier molecular flexibility index (Phi) is 6.95. The number of nitrogens with one attached hydrogen (secondary N) is 1. The molecule has 1 aromatic carbocycles. The molecule has 17 heavy (non-hydrogen) atoms. The van der Waals surface area contributed by atoms with Gasteiger partial charge in [-0.1, -0.05) is 63.8 Å². The van der Waals surface area contributed by atoms with Gasteiger partial charge in [0.15, 0.2) is 0 Å². The summed E-state index contributed by atoms with van der Waals surface area (Å²) in [6.45, 7) is 7.72. The molecule has 96 valence electrons. The van der Waals surface area contributed by atoms with Gasteiger partial charge in [0, 0.05) is 6.04 Å². The number of rotatable bonds is 8. The minimum atomic E-state index is 0.540. The van der Waals surface area contributed by atoms with Crippen LogP contribution < -0.4 is 5.32 Å². The van der Waals surface area contributed by atoms with Gasteiger partial charge in [0.25, 0.3) is 0 Å². The molecule has 0 fully saturated rings. The highest BCUT2D eigenvalue weighted by Crippen LogP contribution is 2.23. The summed E-state index contributed by atoms with van der Waals surface area (Å²) in [5.41, 5.74) is 2.89. The van der Waals surface area contributed by atoms with Crippen molar-refractivity contribution >= 4 is 0 Å². The molecule has 0 heterocycles. The Bertz CT molecular complexity index is 306. The van der Waals surface area contributed by atoms with Crippen molar-refractivity contribution in [3.05, 3.63) is 35.4 Å². The van der Waals surface area contributed by atoms with Gasteiger partial charge in [0.1, 0.15) is 0 Å². The van der Waals surface area contributed by atoms with Crippen molar-refractivity contribution in [1.29, 1.82) is 0 Å². The molecule has 0 aliphatic carbocycles. The maximum Gasteiger partial charge on any atom is 0.0322 e. The van der Waals surface area contributed by atoms with Crippen LogP contribution in [0.3, 0.4) is 0 Å². The molecule has 0 aliphatic rings. The Hall–Kier alpha value is -0.820. The number of hydrogen-bond donors (Lipinski definition) is 1. The van der Waals surface area contributed by atoms with Crippen molar-refractivity contribution in [1.82, 2.24) is 5.32 Å².